The van der Waals surface area contributed by atoms with Crippen LogP contribution in [0.3, 0.4) is 0 Å². The van der Waals surface area contributed by atoms with E-state index in [4.69, 9.17) is 9.47 Å². The number of hydrogen-bond acceptors (Lipinski definition) is 4. The number of hydrogen-bond donors (Lipinski definition) is 1. The number of piperidine rings is 1. The Kier molecular flexibility index (Phi) is 7.55. The number of carbonyl (C=O) groups excluding carboxylic acids is 2. The Balaban J connectivity index is 1.47. The van der Waals surface area contributed by atoms with Gasteiger partial charge in [0.2, 0.25) is 5.91 Å². The normalized spacial score (nSPS) is 17.4. The Morgan fingerprint density at radius 3 is 2.34 bits per heavy atom. The van der Waals surface area contributed by atoms with Crippen LogP contribution < -0.4 is 14.8 Å². The van der Waals surface area contributed by atoms with Crippen molar-refractivity contribution in [1.82, 2.24) is 10.2 Å². The van der Waals surface area contributed by atoms with E-state index in [1.807, 2.05) is 4.90 Å². The van der Waals surface area contributed by atoms with Gasteiger partial charge in [0.15, 0.2) is 0 Å². The average molecular weight is 401 g/mol. The number of amides is 2. The smallest absolute Gasteiger partial charge is 0.254 e. The number of allylic oxidation sites excluding steroid dienone is 1. The van der Waals surface area contributed by atoms with Crippen LogP contribution in [0.5, 0.6) is 11.5 Å². The molecule has 1 fully saturated rings. The summed E-state index contributed by atoms with van der Waals surface area (Å²) in [7, 11) is 3.13. The highest BCUT2D eigenvalue weighted by molar-refractivity contribution is 5.95. The first-order valence-corrected chi connectivity index (χ1v) is 10.6. The van der Waals surface area contributed by atoms with Gasteiger partial charge in [-0.3, -0.25) is 9.59 Å². The van der Waals surface area contributed by atoms with Crippen molar-refractivity contribution in [2.75, 3.05) is 33.9 Å². The molecule has 3 rings (SSSR count). The zero-order valence-corrected chi connectivity index (χ0v) is 17.5. The minimum Gasteiger partial charge on any atom is -0.497 e. The minimum atomic E-state index is -0.0507. The average Bonchev–Trinajstić information content (AvgIpc) is 2.78. The second-order valence-electron chi connectivity index (χ2n) is 7.82. The van der Waals surface area contributed by atoms with E-state index in [0.717, 1.165) is 6.42 Å². The molecule has 0 atom stereocenters. The molecule has 158 valence electrons. The molecule has 29 heavy (non-hydrogen) atoms. The molecule has 1 heterocycles. The summed E-state index contributed by atoms with van der Waals surface area (Å²) in [5.41, 5.74) is 2.02. The summed E-state index contributed by atoms with van der Waals surface area (Å²) in [6.45, 7) is 1.89. The van der Waals surface area contributed by atoms with E-state index in [9.17, 15) is 9.59 Å². The fraction of sp³-hybridized carbons (Fsp3) is 0.565. The van der Waals surface area contributed by atoms with Crippen LogP contribution in [0.1, 0.15) is 55.3 Å². The molecule has 0 aromatic heterocycles. The van der Waals surface area contributed by atoms with Gasteiger partial charge in [-0.15, -0.1) is 0 Å². The third-order valence-corrected chi connectivity index (χ3v) is 5.88. The van der Waals surface area contributed by atoms with Gasteiger partial charge < -0.3 is 19.7 Å². The lowest BCUT2D eigenvalue weighted by molar-refractivity contribution is -0.126. The van der Waals surface area contributed by atoms with Gasteiger partial charge >= 0.3 is 0 Å². The Bertz CT molecular complexity index is 729. The Labute approximate surface area is 173 Å². The van der Waals surface area contributed by atoms with Crippen LogP contribution in [0, 0.1) is 5.92 Å². The lowest BCUT2D eigenvalue weighted by Crippen LogP contribution is -2.43. The number of likely N-dealkylation sites (tertiary alicyclic amines) is 1. The van der Waals surface area contributed by atoms with Crippen LogP contribution in [0.15, 0.2) is 29.8 Å². The van der Waals surface area contributed by atoms with Crippen molar-refractivity contribution in [3.63, 3.8) is 0 Å². The van der Waals surface area contributed by atoms with Crippen molar-refractivity contribution in [1.29, 1.82) is 0 Å². The van der Waals surface area contributed by atoms with Gasteiger partial charge in [-0.2, -0.15) is 0 Å². The van der Waals surface area contributed by atoms with Gasteiger partial charge in [-0.05, 0) is 57.1 Å². The quantitative estimate of drug-likeness (QED) is 0.711. The Morgan fingerprint density at radius 2 is 1.76 bits per heavy atom. The molecule has 1 saturated heterocycles. The van der Waals surface area contributed by atoms with Crippen LogP contribution in [0.4, 0.5) is 0 Å². The van der Waals surface area contributed by atoms with E-state index in [1.54, 1.807) is 32.4 Å². The SMILES string of the molecule is COc1cc(OC)cc(C(=O)N2CCC(C(=O)NCCC3=CCCCC3)CC2)c1. The van der Waals surface area contributed by atoms with E-state index in [-0.39, 0.29) is 17.7 Å². The topological polar surface area (TPSA) is 67.9 Å². The third kappa shape index (κ3) is 5.75. The second kappa shape index (κ2) is 10.3. The molecule has 6 nitrogen and oxygen atoms in total. The summed E-state index contributed by atoms with van der Waals surface area (Å²) in [6.07, 6.45) is 9.58. The number of nitrogens with zero attached hydrogens (tertiary/aromatic N) is 1. The van der Waals surface area contributed by atoms with Crippen molar-refractivity contribution in [2.45, 2.75) is 44.9 Å². The first kappa shape index (κ1) is 21.2. The van der Waals surface area contributed by atoms with Gasteiger partial charge in [0.1, 0.15) is 11.5 Å². The maximum atomic E-state index is 12.9. The van der Waals surface area contributed by atoms with Crippen LogP contribution in [0.2, 0.25) is 0 Å². The van der Waals surface area contributed by atoms with Gasteiger partial charge in [-0.1, -0.05) is 11.6 Å². The molecule has 1 aliphatic heterocycles. The molecular formula is C23H32N2O4. The highest BCUT2D eigenvalue weighted by Gasteiger charge is 2.28. The molecule has 1 N–H and O–H groups in total. The molecule has 0 saturated carbocycles. The van der Waals surface area contributed by atoms with E-state index in [2.05, 4.69) is 11.4 Å². The Morgan fingerprint density at radius 1 is 1.07 bits per heavy atom. The summed E-state index contributed by atoms with van der Waals surface area (Å²) in [5.74, 6) is 1.24. The molecule has 1 aromatic rings. The van der Waals surface area contributed by atoms with E-state index in [1.165, 1.54) is 31.3 Å². The predicted octanol–water partition coefficient (Wildman–Crippen LogP) is 3.56. The first-order chi connectivity index (χ1) is 14.1. The fourth-order valence-electron chi connectivity index (χ4n) is 4.08. The monoisotopic (exact) mass is 400 g/mol. The van der Waals surface area contributed by atoms with Crippen LogP contribution in [-0.2, 0) is 4.79 Å². The first-order valence-electron chi connectivity index (χ1n) is 10.6. The number of rotatable bonds is 7. The summed E-state index contributed by atoms with van der Waals surface area (Å²) < 4.78 is 10.5. The van der Waals surface area contributed by atoms with Crippen molar-refractivity contribution in [3.05, 3.63) is 35.4 Å². The molecule has 0 unspecified atom stereocenters. The highest BCUT2D eigenvalue weighted by Crippen LogP contribution is 2.25. The Hall–Kier alpha value is -2.50. The number of carbonyl (C=O) groups is 2. The number of benzene rings is 1. The standard InChI is InChI=1S/C23H32N2O4/c1-28-20-14-19(15-21(16-20)29-2)23(27)25-12-9-18(10-13-25)22(26)24-11-8-17-6-4-3-5-7-17/h6,14-16,18H,3-5,7-13H2,1-2H3,(H,24,26). The highest BCUT2D eigenvalue weighted by atomic mass is 16.5. The zero-order chi connectivity index (χ0) is 20.6. The molecule has 6 heteroatoms. The van der Waals surface area contributed by atoms with Crippen LogP contribution >= 0.6 is 0 Å². The van der Waals surface area contributed by atoms with Crippen molar-refractivity contribution in [2.24, 2.45) is 5.92 Å². The fourth-order valence-corrected chi connectivity index (χ4v) is 4.08. The van der Waals surface area contributed by atoms with Gasteiger partial charge in [0, 0.05) is 37.2 Å². The van der Waals surface area contributed by atoms with E-state index >= 15 is 0 Å². The molecule has 0 bridgehead atoms. The molecule has 2 aliphatic rings. The second-order valence-corrected chi connectivity index (χ2v) is 7.82. The van der Waals surface area contributed by atoms with E-state index < -0.39 is 0 Å². The molecule has 2 amide bonds. The number of methoxy groups -OCH3 is 2. The van der Waals surface area contributed by atoms with Crippen LogP contribution in [0.25, 0.3) is 0 Å². The van der Waals surface area contributed by atoms with Crippen LogP contribution in [-0.4, -0.2) is 50.6 Å². The predicted molar refractivity (Wildman–Crippen MR) is 112 cm³/mol. The van der Waals surface area contributed by atoms with E-state index in [0.29, 0.717) is 49.5 Å². The molecule has 1 aliphatic carbocycles. The maximum Gasteiger partial charge on any atom is 0.254 e. The van der Waals surface area contributed by atoms with Crippen molar-refractivity contribution in [3.8, 4) is 11.5 Å². The molecular weight excluding hydrogens is 368 g/mol. The van der Waals surface area contributed by atoms with Gasteiger partial charge in [0.25, 0.3) is 5.91 Å². The third-order valence-electron chi connectivity index (χ3n) is 5.88. The maximum absolute atomic E-state index is 12.9. The summed E-state index contributed by atoms with van der Waals surface area (Å²) in [6, 6.07) is 5.20. The number of ether oxygens (including phenoxy) is 2. The summed E-state index contributed by atoms with van der Waals surface area (Å²) in [4.78, 5) is 27.2. The van der Waals surface area contributed by atoms with Crippen molar-refractivity contribution >= 4 is 11.8 Å². The van der Waals surface area contributed by atoms with Crippen molar-refractivity contribution < 1.29 is 19.1 Å². The molecule has 1 aromatic carbocycles. The summed E-state index contributed by atoms with van der Waals surface area (Å²) in [5, 5.41) is 3.09. The number of nitrogens with one attached hydrogen (secondary N) is 1. The minimum absolute atomic E-state index is 0.0146. The largest absolute Gasteiger partial charge is 0.497 e. The summed E-state index contributed by atoms with van der Waals surface area (Å²) >= 11 is 0. The lowest BCUT2D eigenvalue weighted by Gasteiger charge is -2.31. The van der Waals surface area contributed by atoms with Gasteiger partial charge in [0.05, 0.1) is 14.2 Å². The lowest BCUT2D eigenvalue weighted by atomic mass is 9.94. The zero-order valence-electron chi connectivity index (χ0n) is 17.5. The molecule has 0 radical (unpaired) electrons. The van der Waals surface area contributed by atoms with Gasteiger partial charge in [-0.25, -0.2) is 0 Å². The molecule has 0 spiro atoms.